The zero-order valence-electron chi connectivity index (χ0n) is 11.2. The van der Waals surface area contributed by atoms with E-state index in [1.54, 1.807) is 0 Å². The average molecular weight is 232 g/mol. The Bertz CT molecular complexity index is 169. The summed E-state index contributed by atoms with van der Waals surface area (Å²) in [4.78, 5) is 0. The lowest BCUT2D eigenvalue weighted by atomic mass is 10.1. The van der Waals surface area contributed by atoms with E-state index in [2.05, 4.69) is 40.8 Å². The van der Waals surface area contributed by atoms with E-state index in [-0.39, 0.29) is 12.2 Å². The van der Waals surface area contributed by atoms with Crippen LogP contribution in [0.15, 0.2) is 0 Å². The Balaban J connectivity index is 4.48. The van der Waals surface area contributed by atoms with Crippen molar-refractivity contribution in [2.24, 2.45) is 0 Å². The molecule has 0 saturated carbocycles. The van der Waals surface area contributed by atoms with Crippen molar-refractivity contribution in [3.8, 4) is 0 Å². The van der Waals surface area contributed by atoms with E-state index in [1.807, 2.05) is 0 Å². The lowest BCUT2D eigenvalue weighted by Crippen LogP contribution is -2.43. The number of rotatable bonds is 7. The summed E-state index contributed by atoms with van der Waals surface area (Å²) in [5, 5.41) is 10.1. The Labute approximate surface area is 96.2 Å². The monoisotopic (exact) mass is 232 g/mol. The second-order valence-corrected chi connectivity index (χ2v) is 9.33. The highest BCUT2D eigenvalue weighted by atomic mass is 28.4. The zero-order valence-corrected chi connectivity index (χ0v) is 12.2. The molecule has 0 aliphatic rings. The largest absolute Gasteiger partial charge is 0.415 e. The minimum Gasteiger partial charge on any atom is -0.415 e. The fraction of sp³-hybridized carbons (Fsp3) is 1.00. The van der Waals surface area contributed by atoms with Crippen LogP contribution in [0.1, 0.15) is 47.0 Å². The molecular formula is C12H28O2Si. The number of hydrogen-bond donors (Lipinski definition) is 1. The van der Waals surface area contributed by atoms with Crippen molar-refractivity contribution in [2.45, 2.75) is 77.8 Å². The van der Waals surface area contributed by atoms with E-state index < -0.39 is 8.32 Å². The third kappa shape index (κ3) is 5.14. The van der Waals surface area contributed by atoms with Crippen LogP contribution in [0.3, 0.4) is 0 Å². The molecule has 3 heteroatoms. The van der Waals surface area contributed by atoms with Gasteiger partial charge in [-0.25, -0.2) is 0 Å². The molecule has 2 atom stereocenters. The van der Waals surface area contributed by atoms with Gasteiger partial charge in [0, 0.05) is 11.6 Å². The van der Waals surface area contributed by atoms with Gasteiger partial charge in [0.1, 0.15) is 0 Å². The Morgan fingerprint density at radius 3 is 2.07 bits per heavy atom. The molecule has 15 heavy (non-hydrogen) atoms. The molecule has 0 spiro atoms. The van der Waals surface area contributed by atoms with Crippen molar-refractivity contribution >= 4 is 8.32 Å². The SMILES string of the molecule is CCC[C@H](O)[C@@H](CC)[Si](C)(C)OC(C)C. The summed E-state index contributed by atoms with van der Waals surface area (Å²) in [6.45, 7) is 12.9. The van der Waals surface area contributed by atoms with Crippen LogP contribution in [0.5, 0.6) is 0 Å². The molecule has 0 bridgehead atoms. The van der Waals surface area contributed by atoms with Gasteiger partial charge < -0.3 is 9.53 Å². The van der Waals surface area contributed by atoms with Gasteiger partial charge in [-0.05, 0) is 33.4 Å². The van der Waals surface area contributed by atoms with Gasteiger partial charge in [-0.2, -0.15) is 0 Å². The first-order chi connectivity index (χ1) is 6.85. The van der Waals surface area contributed by atoms with Gasteiger partial charge in [0.25, 0.3) is 0 Å². The van der Waals surface area contributed by atoms with Crippen LogP contribution in [-0.4, -0.2) is 25.6 Å². The minimum atomic E-state index is -1.75. The summed E-state index contributed by atoms with van der Waals surface area (Å²) in [6.07, 6.45) is 3.06. The highest BCUT2D eigenvalue weighted by Crippen LogP contribution is 2.32. The molecule has 0 radical (unpaired) electrons. The quantitative estimate of drug-likeness (QED) is 0.680. The summed E-state index contributed by atoms with van der Waals surface area (Å²) in [5.74, 6) is 0. The first-order valence-electron chi connectivity index (χ1n) is 6.21. The third-order valence-electron chi connectivity index (χ3n) is 2.92. The maximum Gasteiger partial charge on any atom is 0.192 e. The normalized spacial score (nSPS) is 16.8. The zero-order chi connectivity index (χ0) is 12.1. The topological polar surface area (TPSA) is 29.5 Å². The molecule has 0 fully saturated rings. The number of aliphatic hydroxyl groups excluding tert-OH is 1. The molecule has 0 unspecified atom stereocenters. The molecule has 0 amide bonds. The Morgan fingerprint density at radius 2 is 1.73 bits per heavy atom. The van der Waals surface area contributed by atoms with Crippen molar-refractivity contribution in [3.05, 3.63) is 0 Å². The third-order valence-corrected chi connectivity index (χ3v) is 6.58. The van der Waals surface area contributed by atoms with Crippen molar-refractivity contribution in [2.75, 3.05) is 0 Å². The van der Waals surface area contributed by atoms with Crippen LogP contribution in [-0.2, 0) is 4.43 Å². The predicted octanol–water partition coefficient (Wildman–Crippen LogP) is 3.56. The van der Waals surface area contributed by atoms with Crippen LogP contribution in [0.4, 0.5) is 0 Å². The second kappa shape index (κ2) is 6.66. The summed E-state index contributed by atoms with van der Waals surface area (Å²) >= 11 is 0. The molecule has 0 aliphatic heterocycles. The van der Waals surface area contributed by atoms with E-state index in [9.17, 15) is 5.11 Å². The predicted molar refractivity (Wildman–Crippen MR) is 68.7 cm³/mol. The summed E-state index contributed by atoms with van der Waals surface area (Å²) in [7, 11) is -1.75. The van der Waals surface area contributed by atoms with E-state index in [0.717, 1.165) is 19.3 Å². The van der Waals surface area contributed by atoms with E-state index in [0.29, 0.717) is 5.54 Å². The maximum absolute atomic E-state index is 10.1. The summed E-state index contributed by atoms with van der Waals surface area (Å²) < 4.78 is 6.04. The maximum atomic E-state index is 10.1. The molecule has 0 aromatic carbocycles. The molecule has 0 aliphatic carbocycles. The highest BCUT2D eigenvalue weighted by Gasteiger charge is 2.37. The Kier molecular flexibility index (Phi) is 6.72. The molecule has 0 aromatic heterocycles. The van der Waals surface area contributed by atoms with Crippen LogP contribution in [0.2, 0.25) is 18.6 Å². The van der Waals surface area contributed by atoms with Gasteiger partial charge in [0.2, 0.25) is 0 Å². The van der Waals surface area contributed by atoms with Crippen molar-refractivity contribution in [3.63, 3.8) is 0 Å². The van der Waals surface area contributed by atoms with Crippen LogP contribution < -0.4 is 0 Å². The summed E-state index contributed by atoms with van der Waals surface area (Å²) in [6, 6.07) is 0. The highest BCUT2D eigenvalue weighted by molar-refractivity contribution is 6.72. The van der Waals surface area contributed by atoms with E-state index in [1.165, 1.54) is 0 Å². The lowest BCUT2D eigenvalue weighted by molar-refractivity contribution is 0.131. The Hall–Kier alpha value is 0.137. The standard InChI is InChI=1S/C12H28O2Si/c1-7-9-11(13)12(8-2)15(5,6)14-10(3)4/h10-13H,7-9H2,1-6H3/t11-,12+/m0/s1. The van der Waals surface area contributed by atoms with Crippen molar-refractivity contribution in [1.29, 1.82) is 0 Å². The van der Waals surface area contributed by atoms with E-state index >= 15 is 0 Å². The van der Waals surface area contributed by atoms with Gasteiger partial charge >= 0.3 is 0 Å². The van der Waals surface area contributed by atoms with Crippen LogP contribution in [0.25, 0.3) is 0 Å². The van der Waals surface area contributed by atoms with Gasteiger partial charge in [-0.3, -0.25) is 0 Å². The first-order valence-corrected chi connectivity index (χ1v) is 9.19. The number of hydrogen-bond acceptors (Lipinski definition) is 2. The molecule has 2 nitrogen and oxygen atoms in total. The van der Waals surface area contributed by atoms with Crippen LogP contribution in [0, 0.1) is 0 Å². The summed E-state index contributed by atoms with van der Waals surface area (Å²) in [5.41, 5.74) is 0.361. The average Bonchev–Trinajstić information content (AvgIpc) is 2.01. The molecule has 92 valence electrons. The number of aliphatic hydroxyl groups is 1. The van der Waals surface area contributed by atoms with Gasteiger partial charge in [0.05, 0.1) is 6.10 Å². The molecule has 0 heterocycles. The molecule has 1 N–H and O–H groups in total. The van der Waals surface area contributed by atoms with E-state index in [4.69, 9.17) is 4.43 Å². The van der Waals surface area contributed by atoms with Gasteiger partial charge in [-0.1, -0.05) is 26.7 Å². The Morgan fingerprint density at radius 1 is 1.20 bits per heavy atom. The lowest BCUT2D eigenvalue weighted by Gasteiger charge is -2.36. The second-order valence-electron chi connectivity index (χ2n) is 5.14. The van der Waals surface area contributed by atoms with Crippen LogP contribution >= 0.6 is 0 Å². The minimum absolute atomic E-state index is 0.180. The smallest absolute Gasteiger partial charge is 0.192 e. The van der Waals surface area contributed by atoms with Gasteiger partial charge in [-0.15, -0.1) is 0 Å². The van der Waals surface area contributed by atoms with Gasteiger partial charge in [0.15, 0.2) is 8.32 Å². The van der Waals surface area contributed by atoms with Crippen molar-refractivity contribution < 1.29 is 9.53 Å². The first kappa shape index (κ1) is 15.1. The molecule has 0 aromatic rings. The van der Waals surface area contributed by atoms with Crippen molar-refractivity contribution in [1.82, 2.24) is 0 Å². The fourth-order valence-electron chi connectivity index (χ4n) is 2.42. The molecular weight excluding hydrogens is 204 g/mol. The molecule has 0 rings (SSSR count). The fourth-order valence-corrected chi connectivity index (χ4v) is 5.89. The molecule has 0 saturated heterocycles.